The Morgan fingerprint density at radius 1 is 0.500 bits per heavy atom. The van der Waals surface area contributed by atoms with Crippen molar-refractivity contribution in [1.29, 1.82) is 0 Å². The fourth-order valence-electron chi connectivity index (χ4n) is 3.73. The minimum absolute atomic E-state index is 0.226. The van der Waals surface area contributed by atoms with Gasteiger partial charge in [-0.05, 0) is 6.42 Å². The lowest BCUT2D eigenvalue weighted by Crippen LogP contribution is -2.74. The van der Waals surface area contributed by atoms with Crippen LogP contribution in [-0.4, -0.2) is 66.7 Å². The molecule has 0 radical (unpaired) electrons. The van der Waals surface area contributed by atoms with Crippen LogP contribution in [0.3, 0.4) is 0 Å². The Balaban J connectivity index is 4.83. The Morgan fingerprint density at radius 2 is 0.841 bits per heavy atom. The molecule has 44 heavy (non-hydrogen) atoms. The molecule has 1 amide bonds. The lowest BCUT2D eigenvalue weighted by Gasteiger charge is -2.41. The Kier molecular flexibility index (Phi) is 15.7. The van der Waals surface area contributed by atoms with Crippen LogP contribution in [-0.2, 0) is 14.3 Å². The first-order valence-corrected chi connectivity index (χ1v) is 13.6. The van der Waals surface area contributed by atoms with Gasteiger partial charge in [-0.2, -0.15) is 65.9 Å². The van der Waals surface area contributed by atoms with Crippen molar-refractivity contribution in [3.05, 3.63) is 0 Å². The SMILES string of the molecule is CCCCCCCCCCCCCCCOC(=O)CNC(=O)C(F)(F)C(F)(F)C(F)(F)C(F)(F)C(F)(F)C(F)(F)C(F)(F)F. The zero-order chi connectivity index (χ0) is 34.7. The van der Waals surface area contributed by atoms with Crippen molar-refractivity contribution in [1.82, 2.24) is 5.32 Å². The van der Waals surface area contributed by atoms with Crippen molar-refractivity contribution in [2.24, 2.45) is 0 Å². The molecule has 0 heterocycles. The molecule has 0 aromatic carbocycles. The number of amides is 1. The number of carbonyl (C=O) groups is 2. The van der Waals surface area contributed by atoms with Crippen LogP contribution in [0, 0.1) is 0 Å². The van der Waals surface area contributed by atoms with E-state index in [1.165, 1.54) is 25.7 Å². The van der Waals surface area contributed by atoms with Gasteiger partial charge in [-0.15, -0.1) is 0 Å². The topological polar surface area (TPSA) is 55.4 Å². The largest absolute Gasteiger partial charge is 0.464 e. The molecule has 0 aliphatic heterocycles. The Hall–Kier alpha value is -2.11. The van der Waals surface area contributed by atoms with Crippen molar-refractivity contribution in [3.8, 4) is 0 Å². The first-order valence-electron chi connectivity index (χ1n) is 13.6. The fraction of sp³-hybridized carbons (Fsp3) is 0.920. The average molecular weight is 682 g/mol. The molecule has 0 aliphatic carbocycles. The zero-order valence-corrected chi connectivity index (χ0v) is 23.5. The van der Waals surface area contributed by atoms with E-state index in [9.17, 15) is 75.4 Å². The molecule has 0 atom stereocenters. The lowest BCUT2D eigenvalue weighted by atomic mass is 9.91. The monoisotopic (exact) mass is 681 g/mol. The van der Waals surface area contributed by atoms with Crippen LogP contribution in [0.25, 0.3) is 0 Å². The van der Waals surface area contributed by atoms with Gasteiger partial charge in [0.2, 0.25) is 0 Å². The summed E-state index contributed by atoms with van der Waals surface area (Å²) in [7, 11) is 0. The molecular formula is C25H34F15NO3. The predicted octanol–water partition coefficient (Wildman–Crippen LogP) is 9.11. The van der Waals surface area contributed by atoms with Gasteiger partial charge >= 0.3 is 47.7 Å². The smallest absolute Gasteiger partial charge is 0.460 e. The fourth-order valence-corrected chi connectivity index (χ4v) is 3.73. The van der Waals surface area contributed by atoms with E-state index in [1.807, 2.05) is 0 Å². The summed E-state index contributed by atoms with van der Waals surface area (Å²) in [6.45, 7) is 0.0123. The molecule has 0 aromatic rings. The number of nitrogens with one attached hydrogen (secondary N) is 1. The Labute approximate surface area is 243 Å². The van der Waals surface area contributed by atoms with Gasteiger partial charge in [-0.25, -0.2) is 0 Å². The van der Waals surface area contributed by atoms with Gasteiger partial charge < -0.3 is 10.1 Å². The van der Waals surface area contributed by atoms with Crippen molar-refractivity contribution in [3.63, 3.8) is 0 Å². The lowest BCUT2D eigenvalue weighted by molar-refractivity contribution is -0.449. The third kappa shape index (κ3) is 9.69. The molecule has 19 heteroatoms. The van der Waals surface area contributed by atoms with E-state index in [0.717, 1.165) is 44.9 Å². The zero-order valence-electron chi connectivity index (χ0n) is 23.5. The third-order valence-electron chi connectivity index (χ3n) is 6.52. The van der Waals surface area contributed by atoms with Crippen molar-refractivity contribution in [2.45, 2.75) is 132 Å². The number of hydrogen-bond acceptors (Lipinski definition) is 3. The summed E-state index contributed by atoms with van der Waals surface area (Å²) in [6, 6.07) is 0. The van der Waals surface area contributed by atoms with E-state index in [4.69, 9.17) is 0 Å². The van der Waals surface area contributed by atoms with Gasteiger partial charge in [0.05, 0.1) is 6.61 Å². The molecule has 0 bridgehead atoms. The molecular weight excluding hydrogens is 647 g/mol. The first kappa shape index (κ1) is 41.9. The van der Waals surface area contributed by atoms with E-state index in [-0.39, 0.29) is 13.0 Å². The predicted molar refractivity (Wildman–Crippen MR) is 125 cm³/mol. The number of unbranched alkanes of at least 4 members (excludes halogenated alkanes) is 12. The number of rotatable bonds is 22. The van der Waals surface area contributed by atoms with E-state index < -0.39 is 60.1 Å². The summed E-state index contributed by atoms with van der Waals surface area (Å²) < 4.78 is 202. The maximum atomic E-state index is 13.8. The minimum Gasteiger partial charge on any atom is -0.464 e. The van der Waals surface area contributed by atoms with Crippen LogP contribution in [0.15, 0.2) is 0 Å². The summed E-state index contributed by atoms with van der Waals surface area (Å²) in [5.74, 6) is -53.8. The van der Waals surface area contributed by atoms with Crippen LogP contribution in [0.5, 0.6) is 0 Å². The first-order chi connectivity index (χ1) is 19.9. The van der Waals surface area contributed by atoms with Gasteiger partial charge in [0.1, 0.15) is 6.54 Å². The van der Waals surface area contributed by atoms with Gasteiger partial charge in [-0.3, -0.25) is 9.59 Å². The maximum Gasteiger partial charge on any atom is 0.460 e. The van der Waals surface area contributed by atoms with Crippen molar-refractivity contribution < 1.29 is 80.2 Å². The number of esters is 1. The molecule has 0 saturated heterocycles. The van der Waals surface area contributed by atoms with Crippen LogP contribution in [0.1, 0.15) is 90.4 Å². The van der Waals surface area contributed by atoms with Gasteiger partial charge in [-0.1, -0.05) is 84.0 Å². The van der Waals surface area contributed by atoms with Crippen molar-refractivity contribution in [2.75, 3.05) is 13.2 Å². The number of alkyl halides is 15. The van der Waals surface area contributed by atoms with E-state index in [2.05, 4.69) is 11.7 Å². The summed E-state index contributed by atoms with van der Waals surface area (Å²) >= 11 is 0. The molecule has 0 rings (SSSR count). The number of hydrogen-bond donors (Lipinski definition) is 1. The second-order valence-electron chi connectivity index (χ2n) is 10.1. The third-order valence-corrected chi connectivity index (χ3v) is 6.52. The molecule has 0 fully saturated rings. The van der Waals surface area contributed by atoms with Crippen molar-refractivity contribution >= 4 is 11.9 Å². The summed E-state index contributed by atoms with van der Waals surface area (Å²) in [6.07, 6.45) is 4.74. The van der Waals surface area contributed by atoms with E-state index in [0.29, 0.717) is 11.7 Å². The molecule has 0 unspecified atom stereocenters. The second-order valence-corrected chi connectivity index (χ2v) is 10.1. The van der Waals surface area contributed by atoms with Crippen LogP contribution in [0.4, 0.5) is 65.9 Å². The van der Waals surface area contributed by atoms with Crippen LogP contribution in [0.2, 0.25) is 0 Å². The number of carbonyl (C=O) groups excluding carboxylic acids is 2. The number of halogens is 15. The normalized spacial score (nSPS) is 14.1. The Morgan fingerprint density at radius 3 is 1.23 bits per heavy atom. The highest BCUT2D eigenvalue weighted by Crippen LogP contribution is 2.62. The van der Waals surface area contributed by atoms with E-state index in [1.54, 1.807) is 0 Å². The highest BCUT2D eigenvalue weighted by atomic mass is 19.4. The molecule has 262 valence electrons. The quantitative estimate of drug-likeness (QED) is 0.0705. The molecule has 1 N–H and O–H groups in total. The average Bonchev–Trinajstić information content (AvgIpc) is 2.90. The molecule has 0 saturated carbocycles. The van der Waals surface area contributed by atoms with Crippen LogP contribution >= 0.6 is 0 Å². The van der Waals surface area contributed by atoms with Gasteiger partial charge in [0, 0.05) is 0 Å². The molecule has 4 nitrogen and oxygen atoms in total. The molecule has 0 aromatic heterocycles. The van der Waals surface area contributed by atoms with Gasteiger partial charge in [0.15, 0.2) is 0 Å². The van der Waals surface area contributed by atoms with Gasteiger partial charge in [0.25, 0.3) is 5.91 Å². The standard InChI is InChI=1S/C25H34F15NO3/c1-2-3-4-5-6-7-8-9-10-11-12-13-14-15-44-17(42)16-41-18(43)19(26,27)20(28,29)21(30,31)22(32,33)23(34,35)24(36,37)25(38,39)40/h2-16H2,1H3,(H,41,43). The summed E-state index contributed by atoms with van der Waals surface area (Å²) in [5.41, 5.74) is 0. The highest BCUT2D eigenvalue weighted by Gasteiger charge is 2.94. The summed E-state index contributed by atoms with van der Waals surface area (Å²) in [4.78, 5) is 22.9. The second kappa shape index (κ2) is 16.5. The minimum atomic E-state index is -8.50. The Bertz CT molecular complexity index is 893. The summed E-state index contributed by atoms with van der Waals surface area (Å²) in [5, 5.41) is 0.608. The molecule has 0 spiro atoms. The van der Waals surface area contributed by atoms with E-state index >= 15 is 0 Å². The maximum absolute atomic E-state index is 13.8. The molecule has 0 aliphatic rings. The number of ether oxygens (including phenoxy) is 1. The van der Waals surface area contributed by atoms with Crippen LogP contribution < -0.4 is 5.32 Å². The highest BCUT2D eigenvalue weighted by molar-refractivity contribution is 5.88.